The van der Waals surface area contributed by atoms with Crippen LogP contribution < -0.4 is 4.90 Å². The zero-order chi connectivity index (χ0) is 12.4. The Morgan fingerprint density at radius 3 is 3.00 bits per heavy atom. The molecular formula is C16H24N2. The van der Waals surface area contributed by atoms with Gasteiger partial charge >= 0.3 is 0 Å². The van der Waals surface area contributed by atoms with Gasteiger partial charge in [-0.1, -0.05) is 31.5 Å². The third-order valence-electron chi connectivity index (χ3n) is 4.44. The fraction of sp³-hybridized carbons (Fsp3) is 0.625. The second-order valence-electron chi connectivity index (χ2n) is 5.67. The van der Waals surface area contributed by atoms with E-state index in [-0.39, 0.29) is 0 Å². The Balaban J connectivity index is 1.70. The van der Waals surface area contributed by atoms with Crippen LogP contribution >= 0.6 is 0 Å². The lowest BCUT2D eigenvalue weighted by Gasteiger charge is -2.46. The van der Waals surface area contributed by atoms with Crippen molar-refractivity contribution in [1.82, 2.24) is 4.90 Å². The topological polar surface area (TPSA) is 6.48 Å². The van der Waals surface area contributed by atoms with Crippen LogP contribution in [0.2, 0.25) is 0 Å². The van der Waals surface area contributed by atoms with Crippen LogP contribution in [0, 0.1) is 0 Å². The molecular weight excluding hydrogens is 220 g/mol. The fourth-order valence-electron chi connectivity index (χ4n) is 3.39. The van der Waals surface area contributed by atoms with E-state index in [0.717, 1.165) is 6.04 Å². The molecule has 0 N–H and O–H groups in total. The Hall–Kier alpha value is -1.02. The highest BCUT2D eigenvalue weighted by atomic mass is 15.3. The summed E-state index contributed by atoms with van der Waals surface area (Å²) >= 11 is 0. The minimum atomic E-state index is 0.755. The molecule has 98 valence electrons. The molecule has 0 amide bonds. The summed E-state index contributed by atoms with van der Waals surface area (Å²) in [5.41, 5.74) is 3.06. The zero-order valence-corrected chi connectivity index (χ0v) is 11.4. The highest BCUT2D eigenvalue weighted by Crippen LogP contribution is 2.32. The van der Waals surface area contributed by atoms with Gasteiger partial charge in [0, 0.05) is 31.4 Å². The summed E-state index contributed by atoms with van der Waals surface area (Å²) < 4.78 is 0. The molecule has 2 nitrogen and oxygen atoms in total. The van der Waals surface area contributed by atoms with Crippen molar-refractivity contribution in [3.63, 3.8) is 0 Å². The number of piperazine rings is 1. The molecule has 0 spiro atoms. The van der Waals surface area contributed by atoms with Gasteiger partial charge in [0.1, 0.15) is 0 Å². The monoisotopic (exact) mass is 244 g/mol. The number of fused-ring (bicyclic) bond motifs is 3. The van der Waals surface area contributed by atoms with Crippen LogP contribution in [-0.2, 0) is 6.42 Å². The summed E-state index contributed by atoms with van der Waals surface area (Å²) in [6.07, 6.45) is 5.26. The second-order valence-corrected chi connectivity index (χ2v) is 5.67. The first-order valence-electron chi connectivity index (χ1n) is 7.45. The summed E-state index contributed by atoms with van der Waals surface area (Å²) in [6, 6.07) is 9.73. The van der Waals surface area contributed by atoms with Crippen molar-refractivity contribution in [2.75, 3.05) is 31.1 Å². The highest BCUT2D eigenvalue weighted by molar-refractivity contribution is 5.57. The molecule has 2 heteroatoms. The van der Waals surface area contributed by atoms with Gasteiger partial charge in [-0.2, -0.15) is 0 Å². The third-order valence-corrected chi connectivity index (χ3v) is 4.44. The minimum absolute atomic E-state index is 0.755. The van der Waals surface area contributed by atoms with Crippen molar-refractivity contribution in [2.24, 2.45) is 0 Å². The van der Waals surface area contributed by atoms with Crippen LogP contribution in [0.4, 0.5) is 5.69 Å². The smallest absolute Gasteiger partial charge is 0.0420 e. The molecule has 18 heavy (non-hydrogen) atoms. The maximum absolute atomic E-state index is 2.67. The Kier molecular flexibility index (Phi) is 3.55. The first-order chi connectivity index (χ1) is 8.88. The number of hydrogen-bond donors (Lipinski definition) is 0. The summed E-state index contributed by atoms with van der Waals surface area (Å²) in [5, 5.41) is 0. The number of rotatable bonds is 3. The van der Waals surface area contributed by atoms with E-state index in [4.69, 9.17) is 0 Å². The van der Waals surface area contributed by atoms with Crippen LogP contribution in [0.3, 0.4) is 0 Å². The molecule has 1 fully saturated rings. The molecule has 0 aromatic heterocycles. The van der Waals surface area contributed by atoms with Gasteiger partial charge in [-0.15, -0.1) is 0 Å². The molecule has 1 saturated heterocycles. The highest BCUT2D eigenvalue weighted by Gasteiger charge is 2.30. The summed E-state index contributed by atoms with van der Waals surface area (Å²) in [4.78, 5) is 5.32. The van der Waals surface area contributed by atoms with Crippen molar-refractivity contribution in [2.45, 2.75) is 38.6 Å². The molecule has 2 aliphatic rings. The zero-order valence-electron chi connectivity index (χ0n) is 11.4. The minimum Gasteiger partial charge on any atom is -0.366 e. The van der Waals surface area contributed by atoms with Crippen LogP contribution in [0.25, 0.3) is 0 Å². The molecule has 1 unspecified atom stereocenters. The lowest BCUT2D eigenvalue weighted by atomic mass is 9.94. The maximum atomic E-state index is 2.67. The Bertz CT molecular complexity index is 402. The van der Waals surface area contributed by atoms with Gasteiger partial charge in [0.2, 0.25) is 0 Å². The molecule has 2 aliphatic heterocycles. The van der Waals surface area contributed by atoms with Crippen molar-refractivity contribution in [3.8, 4) is 0 Å². The number of hydrogen-bond acceptors (Lipinski definition) is 2. The van der Waals surface area contributed by atoms with Gasteiger partial charge in [0.15, 0.2) is 0 Å². The predicted octanol–water partition coefficient (Wildman–Crippen LogP) is 2.92. The fourth-order valence-corrected chi connectivity index (χ4v) is 3.39. The maximum Gasteiger partial charge on any atom is 0.0420 e. The number of unbranched alkanes of at least 4 members (excludes halogenated alkanes) is 1. The average Bonchev–Trinajstić information content (AvgIpc) is 2.44. The van der Waals surface area contributed by atoms with Gasteiger partial charge in [-0.3, -0.25) is 4.90 Å². The van der Waals surface area contributed by atoms with E-state index < -0.39 is 0 Å². The van der Waals surface area contributed by atoms with Crippen LogP contribution in [0.1, 0.15) is 31.7 Å². The van der Waals surface area contributed by atoms with Crippen molar-refractivity contribution in [1.29, 1.82) is 0 Å². The lowest BCUT2D eigenvalue weighted by Crippen LogP contribution is -2.55. The third kappa shape index (κ3) is 2.26. The van der Waals surface area contributed by atoms with Crippen molar-refractivity contribution in [3.05, 3.63) is 29.8 Å². The SMILES string of the molecule is CCCCN1CCN2c3ccccc3CCC2C1. The van der Waals surface area contributed by atoms with Crippen molar-refractivity contribution >= 4 is 5.69 Å². The Morgan fingerprint density at radius 2 is 2.11 bits per heavy atom. The summed E-state index contributed by atoms with van der Waals surface area (Å²) in [7, 11) is 0. The molecule has 0 saturated carbocycles. The second kappa shape index (κ2) is 5.31. The largest absolute Gasteiger partial charge is 0.366 e. The molecule has 1 aromatic carbocycles. The molecule has 1 atom stereocenters. The Labute approximate surface area is 111 Å². The Morgan fingerprint density at radius 1 is 1.22 bits per heavy atom. The number of anilines is 1. The molecule has 0 bridgehead atoms. The van der Waals surface area contributed by atoms with E-state index in [9.17, 15) is 0 Å². The molecule has 3 rings (SSSR count). The van der Waals surface area contributed by atoms with Crippen LogP contribution in [-0.4, -0.2) is 37.1 Å². The number of nitrogens with zero attached hydrogens (tertiary/aromatic N) is 2. The van der Waals surface area contributed by atoms with E-state index in [1.165, 1.54) is 57.5 Å². The normalized spacial score (nSPS) is 23.6. The summed E-state index contributed by atoms with van der Waals surface area (Å²) in [6.45, 7) is 7.31. The standard InChI is InChI=1S/C16H24N2/c1-2-3-10-17-11-12-18-15(13-17)9-8-14-6-4-5-7-16(14)18/h4-7,15H,2-3,8-13H2,1H3. The van der Waals surface area contributed by atoms with Gasteiger partial charge in [0.25, 0.3) is 0 Å². The van der Waals surface area contributed by atoms with Crippen LogP contribution in [0.15, 0.2) is 24.3 Å². The van der Waals surface area contributed by atoms with Crippen LogP contribution in [0.5, 0.6) is 0 Å². The predicted molar refractivity (Wildman–Crippen MR) is 77.2 cm³/mol. The number of aryl methyl sites for hydroxylation is 1. The van der Waals surface area contributed by atoms with E-state index >= 15 is 0 Å². The molecule has 1 aromatic rings. The van der Waals surface area contributed by atoms with Gasteiger partial charge < -0.3 is 4.90 Å². The van der Waals surface area contributed by atoms with Gasteiger partial charge in [-0.25, -0.2) is 0 Å². The summed E-state index contributed by atoms with van der Waals surface area (Å²) in [5.74, 6) is 0. The number of benzene rings is 1. The average molecular weight is 244 g/mol. The van der Waals surface area contributed by atoms with Gasteiger partial charge in [0.05, 0.1) is 0 Å². The van der Waals surface area contributed by atoms with E-state index in [1.807, 2.05) is 0 Å². The molecule has 2 heterocycles. The molecule has 0 aliphatic carbocycles. The van der Waals surface area contributed by atoms with E-state index in [2.05, 4.69) is 41.0 Å². The van der Waals surface area contributed by atoms with E-state index in [0.29, 0.717) is 0 Å². The molecule has 0 radical (unpaired) electrons. The van der Waals surface area contributed by atoms with Gasteiger partial charge in [-0.05, 0) is 37.4 Å². The lowest BCUT2D eigenvalue weighted by molar-refractivity contribution is 0.211. The van der Waals surface area contributed by atoms with E-state index in [1.54, 1.807) is 5.56 Å². The van der Waals surface area contributed by atoms with Crippen molar-refractivity contribution < 1.29 is 0 Å². The first-order valence-corrected chi connectivity index (χ1v) is 7.45. The number of para-hydroxylation sites is 1. The quantitative estimate of drug-likeness (QED) is 0.806. The first kappa shape index (κ1) is 12.0.